The zero-order valence-corrected chi connectivity index (χ0v) is 22.6. The molecule has 1 atom stereocenters. The van der Waals surface area contributed by atoms with E-state index in [0.29, 0.717) is 37.1 Å². The molecule has 1 aliphatic carbocycles. The zero-order valence-electron chi connectivity index (χ0n) is 21.1. The monoisotopic (exact) mass is 571 g/mol. The van der Waals surface area contributed by atoms with Crippen LogP contribution in [0.25, 0.3) is 0 Å². The minimum absolute atomic E-state index is 0.0192. The molecule has 0 radical (unpaired) electrons. The Morgan fingerprint density at radius 3 is 2.53 bits per heavy atom. The van der Waals surface area contributed by atoms with E-state index in [0.717, 1.165) is 25.0 Å². The summed E-state index contributed by atoms with van der Waals surface area (Å²) in [4.78, 5) is 43.1. The zero-order chi connectivity index (χ0) is 27.8. The van der Waals surface area contributed by atoms with Gasteiger partial charge in [0.1, 0.15) is 0 Å². The highest BCUT2D eigenvalue weighted by molar-refractivity contribution is 7.71. The van der Waals surface area contributed by atoms with Gasteiger partial charge in [0.2, 0.25) is 0 Å². The number of benzene rings is 1. The van der Waals surface area contributed by atoms with E-state index >= 15 is 0 Å². The van der Waals surface area contributed by atoms with Crippen LogP contribution in [-0.2, 0) is 28.7 Å². The van der Waals surface area contributed by atoms with Gasteiger partial charge in [-0.2, -0.15) is 13.2 Å². The Morgan fingerprint density at radius 2 is 1.89 bits per heavy atom. The van der Waals surface area contributed by atoms with Crippen molar-refractivity contribution in [2.75, 3.05) is 6.61 Å². The topological polar surface area (TPSA) is 84.4 Å². The minimum atomic E-state index is -4.69. The number of aromatic nitrogens is 2. The van der Waals surface area contributed by atoms with Crippen molar-refractivity contribution in [2.45, 2.75) is 77.2 Å². The van der Waals surface area contributed by atoms with Crippen molar-refractivity contribution in [3.05, 3.63) is 60.7 Å². The van der Waals surface area contributed by atoms with E-state index in [1.165, 1.54) is 11.0 Å². The van der Waals surface area contributed by atoms with E-state index in [1.807, 2.05) is 0 Å². The molecule has 12 heteroatoms. The number of carbonyl (C=O) groups is 2. The highest BCUT2D eigenvalue weighted by atomic mass is 35.5. The molecule has 206 valence electrons. The third-order valence-corrected chi connectivity index (χ3v) is 8.03. The summed E-state index contributed by atoms with van der Waals surface area (Å²) in [6.45, 7) is 3.90. The van der Waals surface area contributed by atoms with Crippen LogP contribution in [0.15, 0.2) is 23.0 Å². The predicted octanol–water partition coefficient (Wildman–Crippen LogP) is 5.85. The Hall–Kier alpha value is -2.66. The maximum absolute atomic E-state index is 13.5. The number of nitrogens with one attached hydrogen (secondary N) is 1. The first-order valence-electron chi connectivity index (χ1n) is 12.6. The van der Waals surface area contributed by atoms with E-state index < -0.39 is 28.7 Å². The number of rotatable bonds is 5. The van der Waals surface area contributed by atoms with Gasteiger partial charge in [0.25, 0.3) is 11.5 Å². The maximum Gasteiger partial charge on any atom is 0.417 e. The van der Waals surface area contributed by atoms with Crippen LogP contribution in [0.2, 0.25) is 5.02 Å². The SMILES string of the molecule is CCOC(=O)C[C@H]1CC[C@@H](n2c(=S)[nH]c3c(c2=O)C[C@@H](C)N(C(=O)c2ccc(Cl)c(C(F)(F)F)c2)C3)CC1. The summed E-state index contributed by atoms with van der Waals surface area (Å²) in [5.41, 5.74) is -0.403. The number of hydrogen-bond donors (Lipinski definition) is 1. The fraction of sp³-hybridized carbons (Fsp3) is 0.538. The van der Waals surface area contributed by atoms with Gasteiger partial charge in [0.05, 0.1) is 23.7 Å². The van der Waals surface area contributed by atoms with Gasteiger partial charge in [-0.25, -0.2) is 0 Å². The molecule has 0 saturated heterocycles. The lowest BCUT2D eigenvalue weighted by Crippen LogP contribution is -2.46. The van der Waals surface area contributed by atoms with Gasteiger partial charge >= 0.3 is 12.1 Å². The average molecular weight is 572 g/mol. The van der Waals surface area contributed by atoms with Crippen LogP contribution in [0, 0.1) is 10.7 Å². The number of nitrogens with zero attached hydrogens (tertiary/aromatic N) is 2. The quantitative estimate of drug-likeness (QED) is 0.359. The highest BCUT2D eigenvalue weighted by Gasteiger charge is 2.36. The van der Waals surface area contributed by atoms with Crippen molar-refractivity contribution < 1.29 is 27.5 Å². The Labute approximate surface area is 227 Å². The third-order valence-electron chi connectivity index (χ3n) is 7.40. The van der Waals surface area contributed by atoms with Crippen LogP contribution < -0.4 is 5.56 Å². The largest absolute Gasteiger partial charge is 0.466 e. The van der Waals surface area contributed by atoms with Crippen LogP contribution >= 0.6 is 23.8 Å². The van der Waals surface area contributed by atoms with Gasteiger partial charge in [-0.1, -0.05) is 11.6 Å². The lowest BCUT2D eigenvalue weighted by Gasteiger charge is -2.36. The number of hydrogen-bond acceptors (Lipinski definition) is 5. The van der Waals surface area contributed by atoms with Crippen molar-refractivity contribution in [1.29, 1.82) is 0 Å². The number of esters is 1. The summed E-state index contributed by atoms with van der Waals surface area (Å²) in [7, 11) is 0. The van der Waals surface area contributed by atoms with E-state index in [-0.39, 0.29) is 46.8 Å². The van der Waals surface area contributed by atoms with Gasteiger partial charge in [0, 0.05) is 35.3 Å². The molecule has 38 heavy (non-hydrogen) atoms. The van der Waals surface area contributed by atoms with Crippen LogP contribution in [-0.4, -0.2) is 39.0 Å². The van der Waals surface area contributed by atoms with Crippen molar-refractivity contribution in [3.8, 4) is 0 Å². The summed E-state index contributed by atoms with van der Waals surface area (Å²) in [6, 6.07) is 2.56. The molecule has 0 unspecified atom stereocenters. The van der Waals surface area contributed by atoms with Gasteiger partial charge in [-0.3, -0.25) is 19.0 Å². The lowest BCUT2D eigenvalue weighted by molar-refractivity contribution is -0.144. The first kappa shape index (κ1) is 28.4. The molecule has 0 spiro atoms. The lowest BCUT2D eigenvalue weighted by atomic mass is 9.84. The maximum atomic E-state index is 13.5. The van der Waals surface area contributed by atoms with E-state index in [4.69, 9.17) is 28.6 Å². The van der Waals surface area contributed by atoms with E-state index in [1.54, 1.807) is 18.4 Å². The number of alkyl halides is 3. The Balaban J connectivity index is 1.54. The Kier molecular flexibility index (Phi) is 8.37. The molecule has 1 saturated carbocycles. The molecule has 1 aliphatic heterocycles. The molecule has 1 amide bonds. The number of fused-ring (bicyclic) bond motifs is 1. The van der Waals surface area contributed by atoms with E-state index in [9.17, 15) is 27.6 Å². The molecule has 7 nitrogen and oxygen atoms in total. The van der Waals surface area contributed by atoms with Crippen molar-refractivity contribution >= 4 is 35.7 Å². The van der Waals surface area contributed by atoms with Crippen LogP contribution in [0.4, 0.5) is 13.2 Å². The number of ether oxygens (including phenoxy) is 1. The molecule has 2 heterocycles. The van der Waals surface area contributed by atoms with Crippen molar-refractivity contribution in [1.82, 2.24) is 14.5 Å². The van der Waals surface area contributed by atoms with Crippen LogP contribution in [0.5, 0.6) is 0 Å². The Bertz CT molecular complexity index is 1350. The second-order valence-corrected chi connectivity index (χ2v) is 10.7. The number of amides is 1. The molecule has 0 bridgehead atoms. The third kappa shape index (κ3) is 5.83. The fourth-order valence-corrected chi connectivity index (χ4v) is 6.00. The second kappa shape index (κ2) is 11.2. The van der Waals surface area contributed by atoms with Gasteiger partial charge in [-0.15, -0.1) is 0 Å². The minimum Gasteiger partial charge on any atom is -0.466 e. The van der Waals surface area contributed by atoms with Gasteiger partial charge < -0.3 is 14.6 Å². The summed E-state index contributed by atoms with van der Waals surface area (Å²) in [5, 5.41) is -0.481. The van der Waals surface area contributed by atoms with E-state index in [2.05, 4.69) is 4.98 Å². The smallest absolute Gasteiger partial charge is 0.417 e. The fourth-order valence-electron chi connectivity index (χ4n) is 5.42. The molecule has 1 aromatic heterocycles. The molecule has 1 fully saturated rings. The predicted molar refractivity (Wildman–Crippen MR) is 138 cm³/mol. The molecular formula is C26H29ClF3N3O4S. The first-order chi connectivity index (χ1) is 17.9. The molecule has 1 N–H and O–H groups in total. The molecule has 1 aromatic carbocycles. The summed E-state index contributed by atoms with van der Waals surface area (Å²) >= 11 is 11.2. The van der Waals surface area contributed by atoms with Crippen LogP contribution in [0.3, 0.4) is 0 Å². The number of H-pyrrole nitrogens is 1. The summed E-state index contributed by atoms with van der Waals surface area (Å²) < 4.78 is 46.8. The van der Waals surface area contributed by atoms with Gasteiger partial charge in [-0.05, 0) is 82.3 Å². The van der Waals surface area contributed by atoms with Crippen molar-refractivity contribution in [3.63, 3.8) is 0 Å². The van der Waals surface area contributed by atoms with Crippen LogP contribution in [0.1, 0.15) is 79.2 Å². The highest BCUT2D eigenvalue weighted by Crippen LogP contribution is 2.36. The average Bonchev–Trinajstić information content (AvgIpc) is 2.84. The molecule has 2 aliphatic rings. The standard InChI is InChI=1S/C26H29ClF3N3O4S/c1-3-37-22(34)11-15-4-7-17(8-5-15)33-24(36)18-10-14(2)32(13-21(18)31-25(33)38)23(35)16-6-9-20(27)19(12-16)26(28,29)30/h6,9,12,14-15,17H,3-5,7-8,10-11,13H2,1-2H3,(H,31,38)/t14-,15-,17+/m1/s1. The number of halogens is 4. The summed E-state index contributed by atoms with van der Waals surface area (Å²) in [6.07, 6.45) is -1.11. The number of carbonyl (C=O) groups excluding carboxylic acids is 2. The molecular weight excluding hydrogens is 543 g/mol. The Morgan fingerprint density at radius 1 is 1.21 bits per heavy atom. The second-order valence-electron chi connectivity index (χ2n) is 9.92. The first-order valence-corrected chi connectivity index (χ1v) is 13.4. The summed E-state index contributed by atoms with van der Waals surface area (Å²) in [5.74, 6) is -0.587. The normalized spacial score (nSPS) is 21.6. The molecule has 4 rings (SSSR count). The number of aromatic amines is 1. The molecule has 2 aromatic rings. The van der Waals surface area contributed by atoms with Gasteiger partial charge in [0.15, 0.2) is 4.77 Å². The van der Waals surface area contributed by atoms with Crippen molar-refractivity contribution in [2.24, 2.45) is 5.92 Å².